The first-order valence-electron chi connectivity index (χ1n) is 6.18. The Morgan fingerprint density at radius 3 is 2.70 bits per heavy atom. The van der Waals surface area contributed by atoms with Gasteiger partial charge in [0.1, 0.15) is 5.75 Å². The number of hydrogen-bond donors (Lipinski definition) is 0. The molecule has 1 rings (SSSR count). The second-order valence-electron chi connectivity index (χ2n) is 4.14. The van der Waals surface area contributed by atoms with Crippen LogP contribution in [-0.2, 0) is 9.53 Å². The molecular weight excluding hydrogens is 286 g/mol. The summed E-state index contributed by atoms with van der Waals surface area (Å²) >= 11 is 5.92. The first-order chi connectivity index (χ1) is 9.49. The van der Waals surface area contributed by atoms with E-state index < -0.39 is 17.0 Å². The molecule has 0 bridgehead atoms. The predicted octanol–water partition coefficient (Wildman–Crippen LogP) is 3.36. The van der Waals surface area contributed by atoms with Crippen molar-refractivity contribution in [1.82, 2.24) is 0 Å². The van der Waals surface area contributed by atoms with Crippen molar-refractivity contribution in [2.24, 2.45) is 0 Å². The van der Waals surface area contributed by atoms with Crippen molar-refractivity contribution in [3.05, 3.63) is 33.3 Å². The predicted molar refractivity (Wildman–Crippen MR) is 74.1 cm³/mol. The Labute approximate surface area is 121 Å². The Morgan fingerprint density at radius 1 is 1.50 bits per heavy atom. The molecular formula is C13H16ClNO5. The molecule has 0 aromatic heterocycles. The summed E-state index contributed by atoms with van der Waals surface area (Å²) in [4.78, 5) is 21.7. The van der Waals surface area contributed by atoms with Gasteiger partial charge >= 0.3 is 5.97 Å². The SMILES string of the molecule is CCCCC(Oc1ccc([N+](=O)[O-])cc1Cl)C(=O)OC. The van der Waals surface area contributed by atoms with Gasteiger partial charge in [-0.05, 0) is 18.9 Å². The molecule has 0 spiro atoms. The number of hydrogen-bond acceptors (Lipinski definition) is 5. The fourth-order valence-electron chi connectivity index (χ4n) is 1.60. The molecule has 0 N–H and O–H groups in total. The van der Waals surface area contributed by atoms with Crippen LogP contribution in [0.1, 0.15) is 26.2 Å². The van der Waals surface area contributed by atoms with Crippen LogP contribution in [0.15, 0.2) is 18.2 Å². The van der Waals surface area contributed by atoms with Crippen LogP contribution in [0.3, 0.4) is 0 Å². The van der Waals surface area contributed by atoms with Crippen LogP contribution < -0.4 is 4.74 Å². The van der Waals surface area contributed by atoms with Crippen LogP contribution in [0.5, 0.6) is 5.75 Å². The van der Waals surface area contributed by atoms with Crippen LogP contribution in [0.2, 0.25) is 5.02 Å². The fraction of sp³-hybridized carbons (Fsp3) is 0.462. The van der Waals surface area contributed by atoms with Crippen LogP contribution >= 0.6 is 11.6 Å². The van der Waals surface area contributed by atoms with Gasteiger partial charge in [-0.15, -0.1) is 0 Å². The number of carbonyl (C=O) groups excluding carboxylic acids is 1. The number of benzene rings is 1. The van der Waals surface area contributed by atoms with Crippen LogP contribution in [0.4, 0.5) is 5.69 Å². The van der Waals surface area contributed by atoms with E-state index in [0.717, 1.165) is 12.8 Å². The molecule has 1 aromatic rings. The zero-order chi connectivity index (χ0) is 15.1. The topological polar surface area (TPSA) is 78.7 Å². The zero-order valence-electron chi connectivity index (χ0n) is 11.3. The monoisotopic (exact) mass is 301 g/mol. The molecule has 6 nitrogen and oxygen atoms in total. The van der Waals surface area contributed by atoms with Crippen molar-refractivity contribution in [2.75, 3.05) is 7.11 Å². The molecule has 0 aliphatic rings. The fourth-order valence-corrected chi connectivity index (χ4v) is 1.82. The van der Waals surface area contributed by atoms with E-state index in [1.54, 1.807) is 0 Å². The van der Waals surface area contributed by atoms with Gasteiger partial charge in [-0.3, -0.25) is 10.1 Å². The molecule has 0 aliphatic heterocycles. The van der Waals surface area contributed by atoms with Gasteiger partial charge in [-0.1, -0.05) is 24.9 Å². The highest BCUT2D eigenvalue weighted by Gasteiger charge is 2.22. The van der Waals surface area contributed by atoms with E-state index in [4.69, 9.17) is 16.3 Å². The normalized spacial score (nSPS) is 11.8. The lowest BCUT2D eigenvalue weighted by atomic mass is 10.1. The largest absolute Gasteiger partial charge is 0.477 e. The standard InChI is InChI=1S/C13H16ClNO5/c1-3-4-5-12(13(16)19-2)20-11-7-6-9(15(17)18)8-10(11)14/h6-8,12H,3-5H2,1-2H3. The van der Waals surface area contributed by atoms with Crippen molar-refractivity contribution >= 4 is 23.3 Å². The molecule has 0 amide bonds. The van der Waals surface area contributed by atoms with Gasteiger partial charge in [-0.25, -0.2) is 4.79 Å². The molecule has 0 fully saturated rings. The van der Waals surface area contributed by atoms with Crippen molar-refractivity contribution < 1.29 is 19.2 Å². The maximum absolute atomic E-state index is 11.6. The zero-order valence-corrected chi connectivity index (χ0v) is 12.1. The Bertz CT molecular complexity index is 492. The smallest absolute Gasteiger partial charge is 0.347 e. The van der Waals surface area contributed by atoms with E-state index in [9.17, 15) is 14.9 Å². The highest BCUT2D eigenvalue weighted by atomic mass is 35.5. The Morgan fingerprint density at radius 2 is 2.20 bits per heavy atom. The van der Waals surface area contributed by atoms with Crippen molar-refractivity contribution in [3.8, 4) is 5.75 Å². The Hall–Kier alpha value is -1.82. The molecule has 7 heteroatoms. The molecule has 1 atom stereocenters. The molecule has 1 aromatic carbocycles. The Balaban J connectivity index is 2.87. The number of non-ortho nitro benzene ring substituents is 1. The summed E-state index contributed by atoms with van der Waals surface area (Å²) in [6.07, 6.45) is 1.44. The van der Waals surface area contributed by atoms with Crippen molar-refractivity contribution in [1.29, 1.82) is 0 Å². The van der Waals surface area contributed by atoms with Gasteiger partial charge in [0.2, 0.25) is 0 Å². The summed E-state index contributed by atoms with van der Waals surface area (Å²) in [5.74, 6) is -0.267. The molecule has 0 aliphatic carbocycles. The molecule has 0 heterocycles. The van der Waals surface area contributed by atoms with Crippen LogP contribution in [-0.4, -0.2) is 24.1 Å². The van der Waals surface area contributed by atoms with Crippen molar-refractivity contribution in [3.63, 3.8) is 0 Å². The molecule has 0 saturated carbocycles. The number of carbonyl (C=O) groups is 1. The first kappa shape index (κ1) is 16.2. The van der Waals surface area contributed by atoms with E-state index in [0.29, 0.717) is 6.42 Å². The minimum absolute atomic E-state index is 0.0876. The molecule has 0 saturated heterocycles. The Kier molecular flexibility index (Phi) is 6.24. The number of methoxy groups -OCH3 is 1. The van der Waals surface area contributed by atoms with E-state index in [-0.39, 0.29) is 16.5 Å². The third-order valence-corrected chi connectivity index (χ3v) is 2.97. The number of nitro groups is 1. The summed E-state index contributed by atoms with van der Waals surface area (Å²) in [5, 5.41) is 10.7. The summed E-state index contributed by atoms with van der Waals surface area (Å²) < 4.78 is 10.2. The van der Waals surface area contributed by atoms with Gasteiger partial charge in [0.05, 0.1) is 17.1 Å². The summed E-state index contributed by atoms with van der Waals surface area (Å²) in [6.45, 7) is 1.99. The number of nitrogens with zero attached hydrogens (tertiary/aromatic N) is 1. The second kappa shape index (κ2) is 7.69. The van der Waals surface area contributed by atoms with Gasteiger partial charge < -0.3 is 9.47 Å². The number of halogens is 1. The maximum atomic E-state index is 11.6. The van der Waals surface area contributed by atoms with E-state index in [1.807, 2.05) is 6.92 Å². The maximum Gasteiger partial charge on any atom is 0.347 e. The summed E-state index contributed by atoms with van der Waals surface area (Å²) in [7, 11) is 1.28. The van der Waals surface area contributed by atoms with Crippen molar-refractivity contribution in [2.45, 2.75) is 32.3 Å². The minimum Gasteiger partial charge on any atom is -0.477 e. The molecule has 1 unspecified atom stereocenters. The lowest BCUT2D eigenvalue weighted by molar-refractivity contribution is -0.384. The average Bonchev–Trinajstić information content (AvgIpc) is 2.43. The van der Waals surface area contributed by atoms with Gasteiger partial charge in [0.25, 0.3) is 5.69 Å². The lowest BCUT2D eigenvalue weighted by Crippen LogP contribution is -2.28. The molecule has 0 radical (unpaired) electrons. The second-order valence-corrected chi connectivity index (χ2v) is 4.55. The average molecular weight is 302 g/mol. The van der Waals surface area contributed by atoms with Gasteiger partial charge in [0.15, 0.2) is 6.10 Å². The highest BCUT2D eigenvalue weighted by molar-refractivity contribution is 6.32. The number of esters is 1. The molecule has 110 valence electrons. The third kappa shape index (κ3) is 4.38. The molecule has 20 heavy (non-hydrogen) atoms. The quantitative estimate of drug-likeness (QED) is 0.438. The lowest BCUT2D eigenvalue weighted by Gasteiger charge is -2.17. The number of rotatable bonds is 7. The number of ether oxygens (including phenoxy) is 2. The van der Waals surface area contributed by atoms with Gasteiger partial charge in [0, 0.05) is 12.1 Å². The van der Waals surface area contributed by atoms with Gasteiger partial charge in [-0.2, -0.15) is 0 Å². The first-order valence-corrected chi connectivity index (χ1v) is 6.55. The van der Waals surface area contributed by atoms with E-state index in [2.05, 4.69) is 4.74 Å². The number of unbranched alkanes of at least 4 members (excludes halogenated alkanes) is 1. The highest BCUT2D eigenvalue weighted by Crippen LogP contribution is 2.30. The summed E-state index contributed by atoms with van der Waals surface area (Å²) in [6, 6.07) is 3.84. The van der Waals surface area contributed by atoms with Crippen LogP contribution in [0.25, 0.3) is 0 Å². The summed E-state index contributed by atoms with van der Waals surface area (Å²) in [5.41, 5.74) is -0.134. The van der Waals surface area contributed by atoms with E-state index in [1.165, 1.54) is 25.3 Å². The minimum atomic E-state index is -0.765. The number of nitro benzene ring substituents is 1. The van der Waals surface area contributed by atoms with Crippen LogP contribution in [0, 0.1) is 10.1 Å². The third-order valence-electron chi connectivity index (χ3n) is 2.68. The van der Waals surface area contributed by atoms with E-state index >= 15 is 0 Å².